The number of carbonyl (C=O) groups excluding carboxylic acids is 3. The number of nitrogens with zero attached hydrogens (tertiary/aromatic N) is 3. The molecule has 0 saturated carbocycles. The van der Waals surface area contributed by atoms with E-state index in [0.29, 0.717) is 11.3 Å². The summed E-state index contributed by atoms with van der Waals surface area (Å²) in [5.41, 5.74) is 5.30. The summed E-state index contributed by atoms with van der Waals surface area (Å²) in [7, 11) is 0. The predicted octanol–water partition coefficient (Wildman–Crippen LogP) is 1.99. The van der Waals surface area contributed by atoms with Crippen LogP contribution in [0, 0.1) is 23.2 Å². The van der Waals surface area contributed by atoms with E-state index in [1.165, 1.54) is 22.5 Å². The molecule has 0 saturated heterocycles. The molecule has 1 heterocycles. The number of aromatic amines is 1. The van der Waals surface area contributed by atoms with Crippen LogP contribution in [-0.4, -0.2) is 40.0 Å². The van der Waals surface area contributed by atoms with Gasteiger partial charge in [-0.25, -0.2) is 4.79 Å². The molecule has 0 fully saturated rings. The minimum atomic E-state index is -1.16. The zero-order chi connectivity index (χ0) is 28.6. The summed E-state index contributed by atoms with van der Waals surface area (Å²) >= 11 is 0. The topological polar surface area (TPSA) is 180 Å². The molecule has 12 nitrogen and oxygen atoms in total. The van der Waals surface area contributed by atoms with E-state index in [2.05, 4.69) is 10.3 Å². The van der Waals surface area contributed by atoms with Gasteiger partial charge >= 0.3 is 11.7 Å². The van der Waals surface area contributed by atoms with E-state index >= 15 is 0 Å². The van der Waals surface area contributed by atoms with Crippen LogP contribution in [-0.2, 0) is 25.7 Å². The number of amides is 2. The molecule has 1 aromatic carbocycles. The summed E-state index contributed by atoms with van der Waals surface area (Å²) in [6.07, 6.45) is -1.82. The predicted molar refractivity (Wildman–Crippen MR) is 142 cm³/mol. The highest BCUT2D eigenvalue weighted by atomic mass is 16.5. The number of rotatable bonds is 11. The van der Waals surface area contributed by atoms with Crippen LogP contribution in [0.3, 0.4) is 0 Å². The molecule has 2 amide bonds. The number of aromatic nitrogens is 2. The van der Waals surface area contributed by atoms with Gasteiger partial charge in [-0.1, -0.05) is 33.8 Å². The Balaban J connectivity index is 2.12. The molecule has 2 aromatic rings. The Kier molecular flexibility index (Phi) is 10.4. The van der Waals surface area contributed by atoms with Crippen LogP contribution in [0.1, 0.15) is 53.0 Å². The fourth-order valence-corrected chi connectivity index (χ4v) is 3.63. The second-order valence-corrected chi connectivity index (χ2v) is 9.71. The summed E-state index contributed by atoms with van der Waals surface area (Å²) in [6, 6.07) is 8.22. The van der Waals surface area contributed by atoms with E-state index in [1.807, 2.05) is 33.8 Å². The van der Waals surface area contributed by atoms with Crippen molar-refractivity contribution in [2.45, 2.75) is 60.1 Å². The van der Waals surface area contributed by atoms with Crippen LogP contribution in [0.4, 0.5) is 17.2 Å². The van der Waals surface area contributed by atoms with Crippen LogP contribution in [0.15, 0.2) is 33.9 Å². The molecule has 0 unspecified atom stereocenters. The number of nitrogens with one attached hydrogen (secondary N) is 2. The number of hydrogen-bond acceptors (Lipinski definition) is 8. The van der Waals surface area contributed by atoms with Gasteiger partial charge in [-0.05, 0) is 37.0 Å². The molecule has 1 aromatic heterocycles. The maximum absolute atomic E-state index is 13.1. The lowest BCUT2D eigenvalue weighted by Crippen LogP contribution is -2.43. The molecule has 0 aliphatic heterocycles. The van der Waals surface area contributed by atoms with E-state index in [9.17, 15) is 24.0 Å². The average Bonchev–Trinajstić information content (AvgIpc) is 2.84. The first kappa shape index (κ1) is 29.8. The van der Waals surface area contributed by atoms with Gasteiger partial charge in [0.1, 0.15) is 5.82 Å². The van der Waals surface area contributed by atoms with Crippen molar-refractivity contribution in [2.24, 2.45) is 11.8 Å². The molecule has 2 rings (SSSR count). The van der Waals surface area contributed by atoms with Crippen LogP contribution in [0.5, 0.6) is 0 Å². The lowest BCUT2D eigenvalue weighted by molar-refractivity contribution is -0.153. The molecule has 204 valence electrons. The number of nitriles is 1. The minimum Gasteiger partial charge on any atom is -0.453 e. The normalized spacial score (nSPS) is 11.6. The largest absolute Gasteiger partial charge is 0.453 e. The number of nitrogens with two attached hydrogens (primary N) is 1. The Morgan fingerprint density at radius 1 is 1.13 bits per heavy atom. The number of hydrogen-bond donors (Lipinski definition) is 3. The van der Waals surface area contributed by atoms with E-state index in [4.69, 9.17) is 15.7 Å². The number of carbonyl (C=O) groups is 3. The van der Waals surface area contributed by atoms with Crippen molar-refractivity contribution in [1.29, 1.82) is 5.26 Å². The quantitative estimate of drug-likeness (QED) is 0.372. The summed E-state index contributed by atoms with van der Waals surface area (Å²) in [5, 5.41) is 11.5. The number of nitrogen functional groups attached to an aromatic ring is 1. The van der Waals surface area contributed by atoms with Gasteiger partial charge in [0.2, 0.25) is 5.91 Å². The van der Waals surface area contributed by atoms with Gasteiger partial charge in [0.05, 0.1) is 18.1 Å². The molecule has 0 bridgehead atoms. The Hall–Kier alpha value is -4.40. The lowest BCUT2D eigenvalue weighted by atomic mass is 10.1. The molecule has 0 aliphatic rings. The van der Waals surface area contributed by atoms with Crippen LogP contribution in [0.25, 0.3) is 0 Å². The average molecular weight is 527 g/mol. The summed E-state index contributed by atoms with van der Waals surface area (Å²) in [6.45, 7) is 9.19. The first-order valence-electron chi connectivity index (χ1n) is 12.3. The Morgan fingerprint density at radius 2 is 1.82 bits per heavy atom. The van der Waals surface area contributed by atoms with E-state index in [1.54, 1.807) is 18.2 Å². The van der Waals surface area contributed by atoms with Gasteiger partial charge in [-0.2, -0.15) is 5.26 Å². The number of benzene rings is 1. The van der Waals surface area contributed by atoms with Crippen LogP contribution < -0.4 is 27.2 Å². The van der Waals surface area contributed by atoms with E-state index < -0.39 is 35.1 Å². The highest BCUT2D eigenvalue weighted by Crippen LogP contribution is 2.21. The van der Waals surface area contributed by atoms with E-state index in [0.717, 1.165) is 0 Å². The highest BCUT2D eigenvalue weighted by Gasteiger charge is 2.26. The maximum atomic E-state index is 13.1. The summed E-state index contributed by atoms with van der Waals surface area (Å²) in [5.74, 6) is -2.09. The van der Waals surface area contributed by atoms with Gasteiger partial charge in [0.15, 0.2) is 11.8 Å². The first-order chi connectivity index (χ1) is 17.8. The van der Waals surface area contributed by atoms with Gasteiger partial charge < -0.3 is 20.7 Å². The molecular formula is C26H34N6O6. The Bertz CT molecular complexity index is 1340. The fourth-order valence-electron chi connectivity index (χ4n) is 3.63. The second-order valence-electron chi connectivity index (χ2n) is 9.71. The number of anilines is 3. The van der Waals surface area contributed by atoms with Crippen molar-refractivity contribution >= 4 is 35.0 Å². The van der Waals surface area contributed by atoms with Crippen LogP contribution >= 0.6 is 0 Å². The first-order valence-corrected chi connectivity index (χ1v) is 12.3. The third-order valence-corrected chi connectivity index (χ3v) is 5.36. The van der Waals surface area contributed by atoms with E-state index in [-0.39, 0.29) is 49.3 Å². The monoisotopic (exact) mass is 526 g/mol. The molecule has 38 heavy (non-hydrogen) atoms. The minimum absolute atomic E-state index is 0.0484. The zero-order valence-electron chi connectivity index (χ0n) is 22.2. The third kappa shape index (κ3) is 8.06. The molecular weight excluding hydrogens is 492 g/mol. The molecule has 12 heteroatoms. The number of H-pyrrole nitrogens is 1. The van der Waals surface area contributed by atoms with Gasteiger partial charge in [-0.3, -0.25) is 28.7 Å². The van der Waals surface area contributed by atoms with Crippen molar-refractivity contribution in [3.05, 3.63) is 50.7 Å². The zero-order valence-corrected chi connectivity index (χ0v) is 22.2. The van der Waals surface area contributed by atoms with Crippen molar-refractivity contribution < 1.29 is 19.1 Å². The lowest BCUT2D eigenvalue weighted by Gasteiger charge is -2.26. The van der Waals surface area contributed by atoms with Crippen molar-refractivity contribution in [2.75, 3.05) is 22.5 Å². The Morgan fingerprint density at radius 3 is 2.42 bits per heavy atom. The maximum Gasteiger partial charge on any atom is 0.330 e. The molecule has 4 N–H and O–H groups in total. The third-order valence-electron chi connectivity index (χ3n) is 5.36. The highest BCUT2D eigenvalue weighted by molar-refractivity contribution is 5.98. The van der Waals surface area contributed by atoms with Crippen molar-refractivity contribution in [3.63, 3.8) is 0 Å². The summed E-state index contributed by atoms with van der Waals surface area (Å²) in [4.78, 5) is 66.3. The molecule has 0 aliphatic carbocycles. The van der Waals surface area contributed by atoms with Gasteiger partial charge in [-0.15, -0.1) is 0 Å². The number of esters is 1. The SMILES string of the molecule is CC(C)CN(C(=O)CCC(=O)O[C@@H](C)C(=O)Nc1cccc(C#N)c1)c1c(N)n(CC(C)C)c(=O)[nH]c1=O. The smallest absolute Gasteiger partial charge is 0.330 e. The molecule has 0 radical (unpaired) electrons. The summed E-state index contributed by atoms with van der Waals surface area (Å²) < 4.78 is 6.37. The van der Waals surface area contributed by atoms with Gasteiger partial charge in [0.25, 0.3) is 11.5 Å². The molecule has 0 spiro atoms. The number of ether oxygens (including phenoxy) is 1. The fraction of sp³-hybridized carbons (Fsp3) is 0.462. The van der Waals surface area contributed by atoms with Gasteiger partial charge in [0, 0.05) is 25.2 Å². The van der Waals surface area contributed by atoms with Crippen LogP contribution in [0.2, 0.25) is 0 Å². The van der Waals surface area contributed by atoms with Crippen molar-refractivity contribution in [3.8, 4) is 6.07 Å². The Labute approximate surface area is 220 Å². The standard InChI is InChI=1S/C26H34N6O6/c1-15(2)13-31(22-23(28)32(14-16(3)4)26(37)30-25(22)36)20(33)9-10-21(34)38-17(5)24(35)29-19-8-6-7-18(11-19)12-27/h6-8,11,15-17H,9-10,13-14,28H2,1-5H3,(H,29,35)(H,30,36,37)/t17-/m0/s1. The van der Waals surface area contributed by atoms with Crippen molar-refractivity contribution in [1.82, 2.24) is 9.55 Å². The second kappa shape index (κ2) is 13.2. The molecule has 1 atom stereocenters.